The molecule has 82 valence electrons. The molecule has 0 aliphatic carbocycles. The molecule has 0 aliphatic rings. The second-order valence-corrected chi connectivity index (χ2v) is 3.91. The van der Waals surface area contributed by atoms with E-state index in [0.29, 0.717) is 11.0 Å². The van der Waals surface area contributed by atoms with Gasteiger partial charge in [-0.15, -0.1) is 0 Å². The number of nitrogens with zero attached hydrogens (tertiary/aromatic N) is 2. The first-order chi connectivity index (χ1) is 7.65. The largest absolute Gasteiger partial charge is 0.439 e. The van der Waals surface area contributed by atoms with Gasteiger partial charge in [-0.1, -0.05) is 17.7 Å². The minimum atomic E-state index is 0.369. The molecule has 1 aromatic carbocycles. The Balaban J connectivity index is 2.24. The number of ether oxygens (including phenoxy) is 1. The fraction of sp³-hybridized carbons (Fsp3) is 0.167. The molecule has 2 aromatic rings. The smallest absolute Gasteiger partial charge is 0.223 e. The van der Waals surface area contributed by atoms with Crippen LogP contribution >= 0.6 is 11.6 Å². The van der Waals surface area contributed by atoms with Crippen molar-refractivity contribution in [3.05, 3.63) is 46.9 Å². The number of aromatic nitrogens is 2. The van der Waals surface area contributed by atoms with Gasteiger partial charge in [-0.2, -0.15) is 0 Å². The average Bonchev–Trinajstić information content (AvgIpc) is 2.24. The second kappa shape index (κ2) is 4.49. The van der Waals surface area contributed by atoms with Crippen molar-refractivity contribution in [3.63, 3.8) is 0 Å². The molecule has 0 N–H and O–H groups in total. The lowest BCUT2D eigenvalue weighted by Gasteiger charge is -2.06. The summed E-state index contributed by atoms with van der Waals surface area (Å²) in [6.45, 7) is 4.09. The van der Waals surface area contributed by atoms with Gasteiger partial charge in [-0.05, 0) is 37.1 Å². The highest BCUT2D eigenvalue weighted by Crippen LogP contribution is 2.22. The number of hydrogen-bond acceptors (Lipinski definition) is 3. The lowest BCUT2D eigenvalue weighted by molar-refractivity contribution is 0.461. The Hall–Kier alpha value is -1.61. The minimum absolute atomic E-state index is 0.369. The van der Waals surface area contributed by atoms with E-state index in [1.807, 2.05) is 25.1 Å². The Morgan fingerprint density at radius 3 is 2.56 bits per heavy atom. The van der Waals surface area contributed by atoms with E-state index in [9.17, 15) is 0 Å². The van der Waals surface area contributed by atoms with E-state index in [-0.39, 0.29) is 0 Å². The molecule has 0 bridgehead atoms. The maximum Gasteiger partial charge on any atom is 0.223 e. The van der Waals surface area contributed by atoms with E-state index in [1.165, 1.54) is 17.5 Å². The third-order valence-electron chi connectivity index (χ3n) is 2.31. The summed E-state index contributed by atoms with van der Waals surface area (Å²) in [7, 11) is 0. The third-order valence-corrected chi connectivity index (χ3v) is 2.52. The summed E-state index contributed by atoms with van der Waals surface area (Å²) in [5, 5.41) is 0.369. The van der Waals surface area contributed by atoms with Crippen LogP contribution in [0.4, 0.5) is 0 Å². The summed E-state index contributed by atoms with van der Waals surface area (Å²) < 4.78 is 5.56. The van der Waals surface area contributed by atoms with Crippen molar-refractivity contribution in [1.29, 1.82) is 0 Å². The number of halogens is 1. The third kappa shape index (κ3) is 2.49. The molecular formula is C12H11ClN2O. The molecule has 0 radical (unpaired) electrons. The number of hydrogen-bond donors (Lipinski definition) is 0. The molecule has 16 heavy (non-hydrogen) atoms. The maximum absolute atomic E-state index is 5.74. The lowest BCUT2D eigenvalue weighted by atomic mass is 10.1. The van der Waals surface area contributed by atoms with Crippen molar-refractivity contribution in [3.8, 4) is 11.6 Å². The molecule has 1 aromatic heterocycles. The molecule has 1 heterocycles. The first-order valence-electron chi connectivity index (χ1n) is 4.88. The Labute approximate surface area is 99.1 Å². The summed E-state index contributed by atoms with van der Waals surface area (Å²) in [6, 6.07) is 7.45. The van der Waals surface area contributed by atoms with Crippen LogP contribution in [0.5, 0.6) is 11.6 Å². The molecule has 0 atom stereocenters. The normalized spacial score (nSPS) is 10.2. The first-order valence-corrected chi connectivity index (χ1v) is 5.25. The zero-order valence-electron chi connectivity index (χ0n) is 9.07. The van der Waals surface area contributed by atoms with Crippen LogP contribution in [0, 0.1) is 13.8 Å². The summed E-state index contributed by atoms with van der Waals surface area (Å²) in [5.41, 5.74) is 2.41. The van der Waals surface area contributed by atoms with Gasteiger partial charge < -0.3 is 4.74 Å². The topological polar surface area (TPSA) is 35.0 Å². The SMILES string of the molecule is Cc1ccc(Oc2cc(Cl)ncn2)cc1C. The molecule has 0 saturated heterocycles. The summed E-state index contributed by atoms with van der Waals surface area (Å²) in [5.74, 6) is 1.20. The van der Waals surface area contributed by atoms with Gasteiger partial charge in [0.1, 0.15) is 17.2 Å². The van der Waals surface area contributed by atoms with Crippen LogP contribution in [0.1, 0.15) is 11.1 Å². The fourth-order valence-electron chi connectivity index (χ4n) is 1.27. The first kappa shape index (κ1) is 10.9. The van der Waals surface area contributed by atoms with Gasteiger partial charge >= 0.3 is 0 Å². The van der Waals surface area contributed by atoms with Crippen molar-refractivity contribution in [2.75, 3.05) is 0 Å². The van der Waals surface area contributed by atoms with Gasteiger partial charge in [0.25, 0.3) is 0 Å². The quantitative estimate of drug-likeness (QED) is 0.746. The standard InChI is InChI=1S/C12H11ClN2O/c1-8-3-4-10(5-9(8)2)16-12-6-11(13)14-7-15-12/h3-7H,1-2H3. The van der Waals surface area contributed by atoms with E-state index in [0.717, 1.165) is 5.75 Å². The molecule has 2 rings (SSSR count). The van der Waals surface area contributed by atoms with Gasteiger partial charge in [0.05, 0.1) is 0 Å². The molecule has 3 nitrogen and oxygen atoms in total. The predicted octanol–water partition coefficient (Wildman–Crippen LogP) is 3.54. The Morgan fingerprint density at radius 2 is 1.88 bits per heavy atom. The fourth-order valence-corrected chi connectivity index (χ4v) is 1.41. The van der Waals surface area contributed by atoms with Crippen molar-refractivity contribution in [1.82, 2.24) is 9.97 Å². The number of aryl methyl sites for hydroxylation is 2. The van der Waals surface area contributed by atoms with Crippen molar-refractivity contribution >= 4 is 11.6 Å². The Bertz CT molecular complexity index is 514. The summed E-state index contributed by atoms with van der Waals surface area (Å²) in [4.78, 5) is 7.76. The van der Waals surface area contributed by atoms with Crippen LogP contribution < -0.4 is 4.74 Å². The molecular weight excluding hydrogens is 224 g/mol. The van der Waals surface area contributed by atoms with E-state index >= 15 is 0 Å². The van der Waals surface area contributed by atoms with Gasteiger partial charge in [0, 0.05) is 6.07 Å². The van der Waals surface area contributed by atoms with Crippen LogP contribution in [0.2, 0.25) is 5.15 Å². The van der Waals surface area contributed by atoms with E-state index in [2.05, 4.69) is 16.9 Å². The molecule has 0 saturated carbocycles. The summed E-state index contributed by atoms with van der Waals surface area (Å²) in [6.07, 6.45) is 1.37. The van der Waals surface area contributed by atoms with Crippen LogP contribution in [0.15, 0.2) is 30.6 Å². The molecule has 0 aliphatic heterocycles. The van der Waals surface area contributed by atoms with E-state index < -0.39 is 0 Å². The minimum Gasteiger partial charge on any atom is -0.439 e. The second-order valence-electron chi connectivity index (χ2n) is 3.53. The maximum atomic E-state index is 5.74. The van der Waals surface area contributed by atoms with Gasteiger partial charge in [0.2, 0.25) is 5.88 Å². The van der Waals surface area contributed by atoms with Gasteiger partial charge in [-0.3, -0.25) is 0 Å². The Morgan fingerprint density at radius 1 is 1.06 bits per heavy atom. The van der Waals surface area contributed by atoms with Crippen molar-refractivity contribution < 1.29 is 4.74 Å². The number of rotatable bonds is 2. The molecule has 4 heteroatoms. The van der Waals surface area contributed by atoms with Crippen molar-refractivity contribution in [2.24, 2.45) is 0 Å². The molecule has 0 unspecified atom stereocenters. The lowest BCUT2D eigenvalue weighted by Crippen LogP contribution is -1.90. The average molecular weight is 235 g/mol. The highest BCUT2D eigenvalue weighted by Gasteiger charge is 2.01. The summed E-state index contributed by atoms with van der Waals surface area (Å²) >= 11 is 5.74. The van der Waals surface area contributed by atoms with Crippen LogP contribution in [-0.2, 0) is 0 Å². The molecule has 0 fully saturated rings. The van der Waals surface area contributed by atoms with E-state index in [1.54, 1.807) is 6.07 Å². The molecule has 0 spiro atoms. The zero-order valence-corrected chi connectivity index (χ0v) is 9.82. The Kier molecular flexibility index (Phi) is 3.06. The van der Waals surface area contributed by atoms with Gasteiger partial charge in [0.15, 0.2) is 0 Å². The van der Waals surface area contributed by atoms with Gasteiger partial charge in [-0.25, -0.2) is 9.97 Å². The van der Waals surface area contributed by atoms with Crippen molar-refractivity contribution in [2.45, 2.75) is 13.8 Å². The van der Waals surface area contributed by atoms with E-state index in [4.69, 9.17) is 16.3 Å². The predicted molar refractivity (Wildman–Crippen MR) is 63.0 cm³/mol. The monoisotopic (exact) mass is 234 g/mol. The van der Waals surface area contributed by atoms with Crippen LogP contribution in [-0.4, -0.2) is 9.97 Å². The number of benzene rings is 1. The van der Waals surface area contributed by atoms with Crippen LogP contribution in [0.25, 0.3) is 0 Å². The highest BCUT2D eigenvalue weighted by atomic mass is 35.5. The van der Waals surface area contributed by atoms with Crippen LogP contribution in [0.3, 0.4) is 0 Å². The molecule has 0 amide bonds. The zero-order chi connectivity index (χ0) is 11.5. The highest BCUT2D eigenvalue weighted by molar-refractivity contribution is 6.29.